The van der Waals surface area contributed by atoms with Gasteiger partial charge in [-0.1, -0.05) is 17.7 Å². The molecule has 0 atom stereocenters. The Bertz CT molecular complexity index is 725. The third-order valence-corrected chi connectivity index (χ3v) is 4.79. The minimum Gasteiger partial charge on any atom is -0.434 e. The molecule has 1 aromatic carbocycles. The number of halogens is 2. The van der Waals surface area contributed by atoms with Gasteiger partial charge in [-0.3, -0.25) is 9.69 Å². The lowest BCUT2D eigenvalue weighted by Crippen LogP contribution is -2.44. The molecular formula is C21H33F2N5O3. The standard InChI is InChI=1S/C21H33F2N5O3/c1-16-5-6-18(31-20(22)23)17(13-16)14-25-21(26-15-19(29)27(2)3)24-7-4-8-28-9-11-30-12-10-28/h5-6,13,20H,4,7-12,14-15H2,1-3H3,(H2,24,25,26). The zero-order chi connectivity index (χ0) is 22.6. The van der Waals surface area contributed by atoms with Crippen LogP contribution >= 0.6 is 0 Å². The van der Waals surface area contributed by atoms with Gasteiger partial charge in [-0.15, -0.1) is 0 Å². The number of likely N-dealkylation sites (N-methyl/N-ethyl adjacent to an activating group) is 1. The maximum Gasteiger partial charge on any atom is 0.387 e. The number of nitrogens with one attached hydrogen (secondary N) is 2. The summed E-state index contributed by atoms with van der Waals surface area (Å²) < 4.78 is 35.4. The van der Waals surface area contributed by atoms with Crippen LogP contribution < -0.4 is 15.4 Å². The van der Waals surface area contributed by atoms with Crippen LogP contribution in [-0.4, -0.2) is 88.3 Å². The molecule has 10 heteroatoms. The monoisotopic (exact) mass is 441 g/mol. The number of carbonyl (C=O) groups is 1. The van der Waals surface area contributed by atoms with Crippen molar-refractivity contribution in [2.45, 2.75) is 26.5 Å². The highest BCUT2D eigenvalue weighted by Gasteiger charge is 2.12. The molecule has 0 bridgehead atoms. The number of aliphatic imine (C=N–C) groups is 1. The Labute approximate surface area is 182 Å². The SMILES string of the molecule is Cc1ccc(OC(F)F)c(CN=C(NCCCN2CCOCC2)NCC(=O)N(C)C)c1. The summed E-state index contributed by atoms with van der Waals surface area (Å²) >= 11 is 0. The zero-order valence-corrected chi connectivity index (χ0v) is 18.5. The Morgan fingerprint density at radius 1 is 1.29 bits per heavy atom. The number of alkyl halides is 2. The lowest BCUT2D eigenvalue weighted by Gasteiger charge is -2.26. The van der Waals surface area contributed by atoms with E-state index >= 15 is 0 Å². The summed E-state index contributed by atoms with van der Waals surface area (Å²) in [6, 6.07) is 5.00. The fourth-order valence-electron chi connectivity index (χ4n) is 3.03. The van der Waals surface area contributed by atoms with Crippen molar-refractivity contribution in [3.8, 4) is 5.75 Å². The minimum atomic E-state index is -2.90. The predicted molar refractivity (Wildman–Crippen MR) is 116 cm³/mol. The fourth-order valence-corrected chi connectivity index (χ4v) is 3.03. The highest BCUT2D eigenvalue weighted by molar-refractivity contribution is 5.86. The van der Waals surface area contributed by atoms with Gasteiger partial charge in [0.25, 0.3) is 0 Å². The molecule has 0 spiro atoms. The molecule has 31 heavy (non-hydrogen) atoms. The van der Waals surface area contributed by atoms with Crippen LogP contribution in [0.2, 0.25) is 0 Å². The number of ether oxygens (including phenoxy) is 2. The number of nitrogens with zero attached hydrogens (tertiary/aromatic N) is 3. The molecule has 0 radical (unpaired) electrons. The molecule has 174 valence electrons. The van der Waals surface area contributed by atoms with Crippen LogP contribution in [0.5, 0.6) is 5.75 Å². The summed E-state index contributed by atoms with van der Waals surface area (Å²) in [5.74, 6) is 0.446. The number of carbonyl (C=O) groups excluding carboxylic acids is 1. The highest BCUT2D eigenvalue weighted by Crippen LogP contribution is 2.22. The van der Waals surface area contributed by atoms with Crippen molar-refractivity contribution in [1.82, 2.24) is 20.4 Å². The fraction of sp³-hybridized carbons (Fsp3) is 0.619. The van der Waals surface area contributed by atoms with E-state index in [0.717, 1.165) is 44.8 Å². The average Bonchev–Trinajstić information content (AvgIpc) is 2.74. The van der Waals surface area contributed by atoms with E-state index in [4.69, 9.17) is 4.74 Å². The largest absolute Gasteiger partial charge is 0.434 e. The average molecular weight is 442 g/mol. The van der Waals surface area contributed by atoms with E-state index in [0.29, 0.717) is 18.1 Å². The van der Waals surface area contributed by atoms with Crippen molar-refractivity contribution in [1.29, 1.82) is 0 Å². The first-order valence-corrected chi connectivity index (χ1v) is 10.4. The van der Waals surface area contributed by atoms with Crippen molar-refractivity contribution in [3.05, 3.63) is 29.3 Å². The second kappa shape index (κ2) is 13.1. The van der Waals surface area contributed by atoms with Gasteiger partial charge in [0.15, 0.2) is 5.96 Å². The molecule has 0 saturated carbocycles. The number of morpholine rings is 1. The Balaban J connectivity index is 1.98. The number of hydrogen-bond donors (Lipinski definition) is 2. The first-order chi connectivity index (χ1) is 14.8. The second-order valence-electron chi connectivity index (χ2n) is 7.53. The summed E-state index contributed by atoms with van der Waals surface area (Å²) in [6.45, 7) is 4.15. The minimum absolute atomic E-state index is 0.0799. The molecule has 1 fully saturated rings. The number of amides is 1. The van der Waals surface area contributed by atoms with Gasteiger partial charge in [0, 0.05) is 39.3 Å². The van der Waals surface area contributed by atoms with E-state index in [9.17, 15) is 13.6 Å². The summed E-state index contributed by atoms with van der Waals surface area (Å²) in [4.78, 5) is 20.2. The van der Waals surface area contributed by atoms with Crippen molar-refractivity contribution in [3.63, 3.8) is 0 Å². The second-order valence-corrected chi connectivity index (χ2v) is 7.53. The lowest BCUT2D eigenvalue weighted by molar-refractivity contribution is -0.127. The summed E-state index contributed by atoms with van der Waals surface area (Å²) in [6.07, 6.45) is 0.895. The van der Waals surface area contributed by atoms with Crippen molar-refractivity contribution in [2.75, 3.05) is 60.0 Å². The van der Waals surface area contributed by atoms with Gasteiger partial charge in [0.1, 0.15) is 5.75 Å². The molecule has 2 rings (SSSR count). The van der Waals surface area contributed by atoms with E-state index in [1.165, 1.54) is 11.0 Å². The van der Waals surface area contributed by atoms with Gasteiger partial charge >= 0.3 is 6.61 Å². The van der Waals surface area contributed by atoms with E-state index in [-0.39, 0.29) is 24.7 Å². The Hall–Kier alpha value is -2.46. The molecule has 8 nitrogen and oxygen atoms in total. The van der Waals surface area contributed by atoms with Crippen LogP contribution in [0.1, 0.15) is 17.5 Å². The number of rotatable bonds is 10. The first-order valence-electron chi connectivity index (χ1n) is 10.4. The van der Waals surface area contributed by atoms with Gasteiger partial charge in [-0.25, -0.2) is 4.99 Å². The molecular weight excluding hydrogens is 408 g/mol. The third-order valence-electron chi connectivity index (χ3n) is 4.79. The summed E-state index contributed by atoms with van der Waals surface area (Å²) in [5, 5.41) is 6.23. The molecule has 1 aliphatic rings. The van der Waals surface area contributed by atoms with E-state index < -0.39 is 6.61 Å². The number of hydrogen-bond acceptors (Lipinski definition) is 5. The molecule has 0 aromatic heterocycles. The molecule has 1 heterocycles. The van der Waals surface area contributed by atoms with E-state index in [2.05, 4.69) is 25.3 Å². The van der Waals surface area contributed by atoms with Crippen molar-refractivity contribution in [2.24, 2.45) is 4.99 Å². The molecule has 1 saturated heterocycles. The normalized spacial score (nSPS) is 15.1. The van der Waals surface area contributed by atoms with Crippen LogP contribution in [0.15, 0.2) is 23.2 Å². The molecule has 0 aliphatic carbocycles. The number of guanidine groups is 1. The molecule has 1 aliphatic heterocycles. The van der Waals surface area contributed by atoms with Gasteiger partial charge in [-0.2, -0.15) is 8.78 Å². The quantitative estimate of drug-likeness (QED) is 0.325. The van der Waals surface area contributed by atoms with Gasteiger partial charge in [-0.05, 0) is 26.0 Å². The molecule has 0 unspecified atom stereocenters. The first kappa shape index (κ1) is 24.8. The Morgan fingerprint density at radius 2 is 2.03 bits per heavy atom. The molecule has 1 amide bonds. The van der Waals surface area contributed by atoms with Crippen LogP contribution in [0, 0.1) is 6.92 Å². The van der Waals surface area contributed by atoms with E-state index in [1.54, 1.807) is 26.2 Å². The Morgan fingerprint density at radius 3 is 2.71 bits per heavy atom. The van der Waals surface area contributed by atoms with Crippen LogP contribution in [0.4, 0.5) is 8.78 Å². The number of benzene rings is 1. The third kappa shape index (κ3) is 9.48. The van der Waals surface area contributed by atoms with Crippen molar-refractivity contribution >= 4 is 11.9 Å². The highest BCUT2D eigenvalue weighted by atomic mass is 19.3. The zero-order valence-electron chi connectivity index (χ0n) is 18.5. The van der Waals surface area contributed by atoms with E-state index in [1.807, 2.05) is 6.92 Å². The topological polar surface area (TPSA) is 78.4 Å². The Kier molecular flexibility index (Phi) is 10.5. The lowest BCUT2D eigenvalue weighted by atomic mass is 10.1. The van der Waals surface area contributed by atoms with Gasteiger partial charge in [0.2, 0.25) is 5.91 Å². The van der Waals surface area contributed by atoms with Crippen LogP contribution in [0.3, 0.4) is 0 Å². The van der Waals surface area contributed by atoms with Crippen molar-refractivity contribution < 1.29 is 23.0 Å². The van der Waals surface area contributed by atoms with Gasteiger partial charge < -0.3 is 25.0 Å². The molecule has 2 N–H and O–H groups in total. The maximum absolute atomic E-state index is 12.7. The maximum atomic E-state index is 12.7. The number of aryl methyl sites for hydroxylation is 1. The molecule has 1 aromatic rings. The van der Waals surface area contributed by atoms with Crippen LogP contribution in [-0.2, 0) is 16.1 Å². The van der Waals surface area contributed by atoms with Crippen LogP contribution in [0.25, 0.3) is 0 Å². The van der Waals surface area contributed by atoms with Gasteiger partial charge in [0.05, 0.1) is 26.3 Å². The summed E-state index contributed by atoms with van der Waals surface area (Å²) in [7, 11) is 3.36. The summed E-state index contributed by atoms with van der Waals surface area (Å²) in [5.41, 5.74) is 1.47. The smallest absolute Gasteiger partial charge is 0.387 e. The predicted octanol–water partition coefficient (Wildman–Crippen LogP) is 1.44.